The molecule has 16 heavy (non-hydrogen) atoms. The number of hydrogen-bond donors (Lipinski definition) is 1. The van der Waals surface area contributed by atoms with Crippen molar-refractivity contribution in [3.63, 3.8) is 0 Å². The van der Waals surface area contributed by atoms with Crippen LogP contribution < -0.4 is 0 Å². The molecule has 0 aliphatic carbocycles. The Bertz CT molecular complexity index is 454. The lowest BCUT2D eigenvalue weighted by Gasteiger charge is -2.20. The summed E-state index contributed by atoms with van der Waals surface area (Å²) >= 11 is 3.46. The van der Waals surface area contributed by atoms with Crippen LogP contribution in [0.4, 0.5) is 0 Å². The molecule has 0 fully saturated rings. The van der Waals surface area contributed by atoms with Gasteiger partial charge < -0.3 is 9.94 Å². The number of benzene rings is 1. The molecule has 1 aromatic carbocycles. The molecule has 4 heteroatoms. The van der Waals surface area contributed by atoms with Gasteiger partial charge in [0, 0.05) is 10.0 Å². The lowest BCUT2D eigenvalue weighted by molar-refractivity contribution is -0.0476. The van der Waals surface area contributed by atoms with Crippen molar-refractivity contribution in [1.29, 1.82) is 0 Å². The number of aliphatic hydroxyl groups excluding tert-OH is 1. The molecule has 1 heterocycles. The Kier molecular flexibility index (Phi) is 2.80. The number of aliphatic hydroxyl groups is 1. The zero-order valence-corrected chi connectivity index (χ0v) is 11.1. The van der Waals surface area contributed by atoms with E-state index < -0.39 is 11.7 Å². The molecule has 1 aliphatic rings. The van der Waals surface area contributed by atoms with E-state index >= 15 is 0 Å². The van der Waals surface area contributed by atoms with E-state index in [0.29, 0.717) is 5.71 Å². The van der Waals surface area contributed by atoms with Gasteiger partial charge in [-0.05, 0) is 32.4 Å². The Morgan fingerprint density at radius 3 is 2.62 bits per heavy atom. The van der Waals surface area contributed by atoms with Gasteiger partial charge in [0.2, 0.25) is 0 Å². The molecule has 0 radical (unpaired) electrons. The van der Waals surface area contributed by atoms with Gasteiger partial charge in [-0.15, -0.1) is 0 Å². The van der Waals surface area contributed by atoms with E-state index in [2.05, 4.69) is 21.1 Å². The molecule has 1 aromatic rings. The standard InChI is InChI=1S/C12H14BrNO2/c1-7-4-5-8(6-9(7)13)10-11(15)12(2,3)16-14-10/h4-6,11,15H,1-3H3. The van der Waals surface area contributed by atoms with Crippen molar-refractivity contribution in [1.82, 2.24) is 0 Å². The molecule has 1 atom stereocenters. The van der Waals surface area contributed by atoms with Crippen molar-refractivity contribution in [3.8, 4) is 0 Å². The summed E-state index contributed by atoms with van der Waals surface area (Å²) < 4.78 is 1.00. The van der Waals surface area contributed by atoms with Crippen molar-refractivity contribution in [2.45, 2.75) is 32.5 Å². The number of oxime groups is 1. The van der Waals surface area contributed by atoms with E-state index in [1.54, 1.807) is 0 Å². The minimum absolute atomic E-state index is 0.589. The molecular formula is C12H14BrNO2. The maximum atomic E-state index is 10.1. The SMILES string of the molecule is Cc1ccc(C2=NOC(C)(C)C2O)cc1Br. The summed E-state index contributed by atoms with van der Waals surface area (Å²) in [6.07, 6.45) is -0.692. The van der Waals surface area contributed by atoms with E-state index in [1.165, 1.54) is 0 Å². The monoisotopic (exact) mass is 283 g/mol. The first kappa shape index (κ1) is 11.6. The molecule has 1 aliphatic heterocycles. The van der Waals surface area contributed by atoms with Gasteiger partial charge in [0.25, 0.3) is 0 Å². The first-order valence-electron chi connectivity index (χ1n) is 5.12. The van der Waals surface area contributed by atoms with Gasteiger partial charge in [0.05, 0.1) is 0 Å². The highest BCUT2D eigenvalue weighted by Gasteiger charge is 2.40. The molecule has 3 nitrogen and oxygen atoms in total. The molecule has 0 amide bonds. The third-order valence-electron chi connectivity index (χ3n) is 2.76. The Labute approximate surface area is 103 Å². The lowest BCUT2D eigenvalue weighted by atomic mass is 9.94. The maximum absolute atomic E-state index is 10.1. The van der Waals surface area contributed by atoms with Crippen LogP contribution in [0.3, 0.4) is 0 Å². The van der Waals surface area contributed by atoms with Crippen molar-refractivity contribution >= 4 is 21.6 Å². The lowest BCUT2D eigenvalue weighted by Crippen LogP contribution is -2.38. The Morgan fingerprint density at radius 1 is 1.44 bits per heavy atom. The predicted octanol–water partition coefficient (Wildman–Crippen LogP) is 2.63. The van der Waals surface area contributed by atoms with Crippen LogP contribution in [0, 0.1) is 6.92 Å². The van der Waals surface area contributed by atoms with Gasteiger partial charge in [0.1, 0.15) is 11.8 Å². The Hall–Kier alpha value is -0.870. The number of hydrogen-bond acceptors (Lipinski definition) is 3. The van der Waals surface area contributed by atoms with Crippen LogP contribution in [0.1, 0.15) is 25.0 Å². The van der Waals surface area contributed by atoms with Crippen molar-refractivity contribution < 1.29 is 9.94 Å². The summed E-state index contributed by atoms with van der Waals surface area (Å²) in [4.78, 5) is 5.21. The third-order valence-corrected chi connectivity index (χ3v) is 3.62. The second-order valence-electron chi connectivity index (χ2n) is 4.54. The topological polar surface area (TPSA) is 41.8 Å². The minimum atomic E-state index is -0.692. The Morgan fingerprint density at radius 2 is 2.12 bits per heavy atom. The largest absolute Gasteiger partial charge is 0.386 e. The number of halogens is 1. The summed E-state index contributed by atoms with van der Waals surface area (Å²) in [7, 11) is 0. The number of rotatable bonds is 1. The van der Waals surface area contributed by atoms with E-state index in [0.717, 1.165) is 15.6 Å². The molecule has 1 unspecified atom stereocenters. The van der Waals surface area contributed by atoms with Gasteiger partial charge in [-0.2, -0.15) is 0 Å². The third kappa shape index (κ3) is 1.87. The predicted molar refractivity (Wildman–Crippen MR) is 66.6 cm³/mol. The molecule has 1 N–H and O–H groups in total. The zero-order chi connectivity index (χ0) is 11.9. The highest BCUT2D eigenvalue weighted by molar-refractivity contribution is 9.10. The van der Waals surface area contributed by atoms with Crippen molar-refractivity contribution in [3.05, 3.63) is 33.8 Å². The van der Waals surface area contributed by atoms with Crippen molar-refractivity contribution in [2.24, 2.45) is 5.16 Å². The van der Waals surface area contributed by atoms with E-state index in [4.69, 9.17) is 4.84 Å². The second-order valence-corrected chi connectivity index (χ2v) is 5.39. The molecule has 0 spiro atoms. The van der Waals surface area contributed by atoms with Gasteiger partial charge in [-0.25, -0.2) is 0 Å². The minimum Gasteiger partial charge on any atom is -0.386 e. The molecule has 0 saturated carbocycles. The molecular weight excluding hydrogens is 270 g/mol. The van der Waals surface area contributed by atoms with Gasteiger partial charge in [-0.1, -0.05) is 33.2 Å². The average Bonchev–Trinajstić information content (AvgIpc) is 2.48. The quantitative estimate of drug-likeness (QED) is 0.861. The highest BCUT2D eigenvalue weighted by atomic mass is 79.9. The molecule has 86 valence electrons. The molecule has 0 saturated heterocycles. The fourth-order valence-corrected chi connectivity index (χ4v) is 1.94. The number of aryl methyl sites for hydroxylation is 1. The number of nitrogens with zero attached hydrogens (tertiary/aromatic N) is 1. The average molecular weight is 284 g/mol. The van der Waals surface area contributed by atoms with Crippen LogP contribution >= 0.6 is 15.9 Å². The molecule has 0 aromatic heterocycles. The highest BCUT2D eigenvalue weighted by Crippen LogP contribution is 2.28. The van der Waals surface area contributed by atoms with Crippen LogP contribution in [0.5, 0.6) is 0 Å². The van der Waals surface area contributed by atoms with Crippen LogP contribution in [0.25, 0.3) is 0 Å². The Balaban J connectivity index is 2.36. The normalized spacial score (nSPS) is 22.8. The second kappa shape index (κ2) is 3.86. The van der Waals surface area contributed by atoms with Crippen LogP contribution in [-0.4, -0.2) is 22.5 Å². The molecule has 0 bridgehead atoms. The van der Waals surface area contributed by atoms with Gasteiger partial charge >= 0.3 is 0 Å². The first-order chi connectivity index (χ1) is 7.42. The summed E-state index contributed by atoms with van der Waals surface area (Å²) in [5, 5.41) is 14.0. The molecule has 2 rings (SSSR count). The van der Waals surface area contributed by atoms with E-state index in [1.807, 2.05) is 39.0 Å². The fraction of sp³-hybridized carbons (Fsp3) is 0.417. The van der Waals surface area contributed by atoms with Crippen LogP contribution in [-0.2, 0) is 4.84 Å². The van der Waals surface area contributed by atoms with Gasteiger partial charge in [0.15, 0.2) is 5.60 Å². The summed E-state index contributed by atoms with van der Waals surface area (Å²) in [6, 6.07) is 5.87. The fourth-order valence-electron chi connectivity index (χ4n) is 1.56. The first-order valence-corrected chi connectivity index (χ1v) is 5.92. The summed E-state index contributed by atoms with van der Waals surface area (Å²) in [5.74, 6) is 0. The summed E-state index contributed by atoms with van der Waals surface area (Å²) in [6.45, 7) is 5.65. The van der Waals surface area contributed by atoms with Crippen molar-refractivity contribution in [2.75, 3.05) is 0 Å². The van der Waals surface area contributed by atoms with Crippen LogP contribution in [0.2, 0.25) is 0 Å². The smallest absolute Gasteiger partial charge is 0.163 e. The van der Waals surface area contributed by atoms with Gasteiger partial charge in [-0.3, -0.25) is 0 Å². The maximum Gasteiger partial charge on any atom is 0.163 e. The van der Waals surface area contributed by atoms with E-state index in [-0.39, 0.29) is 0 Å². The van der Waals surface area contributed by atoms with E-state index in [9.17, 15) is 5.11 Å². The van der Waals surface area contributed by atoms with Crippen LogP contribution in [0.15, 0.2) is 27.8 Å². The zero-order valence-electron chi connectivity index (χ0n) is 9.49. The summed E-state index contributed by atoms with van der Waals surface area (Å²) in [5.41, 5.74) is 1.98.